The van der Waals surface area contributed by atoms with Gasteiger partial charge in [-0.2, -0.15) is 5.26 Å². The van der Waals surface area contributed by atoms with Gasteiger partial charge in [-0.1, -0.05) is 17.7 Å². The number of ether oxygens (including phenoxy) is 2. The van der Waals surface area contributed by atoms with E-state index in [0.717, 1.165) is 17.6 Å². The maximum atomic E-state index is 15.2. The second-order valence-corrected chi connectivity index (χ2v) is 14.4. The lowest BCUT2D eigenvalue weighted by molar-refractivity contribution is 0.0636. The van der Waals surface area contributed by atoms with E-state index in [1.165, 1.54) is 18.2 Å². The molecule has 11 nitrogen and oxygen atoms in total. The number of rotatable bonds is 6. The van der Waals surface area contributed by atoms with Gasteiger partial charge >= 0.3 is 12.2 Å². The molecule has 2 amide bonds. The summed E-state index contributed by atoms with van der Waals surface area (Å²) < 4.78 is 51.7. The maximum Gasteiger partial charge on any atom is 0.412 e. The molecule has 0 atom stereocenters. The molecule has 1 aliphatic rings. The molecule has 230 valence electrons. The van der Waals surface area contributed by atoms with Crippen molar-refractivity contribution in [1.82, 2.24) is 10.3 Å². The number of amides is 2. The van der Waals surface area contributed by atoms with E-state index in [1.54, 1.807) is 20.8 Å². The number of nitriles is 1. The van der Waals surface area contributed by atoms with Gasteiger partial charge in [0.15, 0.2) is 14.9 Å². The van der Waals surface area contributed by atoms with Crippen LogP contribution in [-0.4, -0.2) is 49.1 Å². The molecule has 0 spiro atoms. The molecule has 2 aromatic carbocycles. The van der Waals surface area contributed by atoms with Crippen LogP contribution in [0.4, 0.5) is 19.0 Å². The van der Waals surface area contributed by atoms with Gasteiger partial charge in [-0.05, 0) is 61.6 Å². The van der Waals surface area contributed by atoms with Gasteiger partial charge < -0.3 is 19.9 Å². The summed E-state index contributed by atoms with van der Waals surface area (Å²) in [6, 6.07) is 6.15. The minimum absolute atomic E-state index is 0.000901. The smallest absolute Gasteiger partial charge is 0.412 e. The van der Waals surface area contributed by atoms with Crippen LogP contribution in [0.25, 0.3) is 32.1 Å². The van der Waals surface area contributed by atoms with Crippen molar-refractivity contribution in [2.75, 3.05) is 18.1 Å². The molecule has 0 saturated carbocycles. The SMILES string of the molecule is CC(C)(C)OC(=O)Nc1sc2c(F)ccc(-c3c4c(c5c(CCNC(=O)O)cc(S(C)(=O)=O)nc5c3Cl)COC4)c2c1C#N. The molecular formula is C29H26ClFN4O7S2. The number of fused-ring (bicyclic) bond motifs is 4. The lowest BCUT2D eigenvalue weighted by atomic mass is 9.89. The van der Waals surface area contributed by atoms with Crippen LogP contribution >= 0.6 is 22.9 Å². The summed E-state index contributed by atoms with van der Waals surface area (Å²) in [7, 11) is -3.82. The third-order valence-electron chi connectivity index (χ3n) is 6.80. The highest BCUT2D eigenvalue weighted by Gasteiger charge is 2.30. The summed E-state index contributed by atoms with van der Waals surface area (Å²) in [5, 5.41) is 24.7. The van der Waals surface area contributed by atoms with Crippen LogP contribution in [-0.2, 0) is 38.9 Å². The molecule has 4 aromatic rings. The largest absolute Gasteiger partial charge is 0.465 e. The molecular weight excluding hydrogens is 635 g/mol. The molecule has 0 bridgehead atoms. The van der Waals surface area contributed by atoms with Crippen molar-refractivity contribution in [3.8, 4) is 17.2 Å². The van der Waals surface area contributed by atoms with Crippen molar-refractivity contribution in [1.29, 1.82) is 5.26 Å². The summed E-state index contributed by atoms with van der Waals surface area (Å²) in [4.78, 5) is 28.1. The summed E-state index contributed by atoms with van der Waals surface area (Å²) in [6.45, 7) is 5.28. The number of halogens is 2. The van der Waals surface area contributed by atoms with Gasteiger partial charge in [0.25, 0.3) is 0 Å². The van der Waals surface area contributed by atoms with Crippen molar-refractivity contribution in [3.63, 3.8) is 0 Å². The first kappa shape index (κ1) is 31.4. The molecule has 0 radical (unpaired) electrons. The molecule has 5 rings (SSSR count). The summed E-state index contributed by atoms with van der Waals surface area (Å²) in [5.41, 5.74) is 1.85. The van der Waals surface area contributed by atoms with Crippen molar-refractivity contribution in [2.45, 2.75) is 51.0 Å². The number of carbonyl (C=O) groups excluding carboxylic acids is 1. The van der Waals surface area contributed by atoms with Gasteiger partial charge in [-0.25, -0.2) is 27.4 Å². The standard InChI is InChI=1S/C29H26ClFN4O7S2/c1-29(2,3)42-28(38)35-26-15(10-32)22-14(5-6-18(31)25(22)43-26)21-17-12-41-11-16(17)20-13(7-8-33-27(36)37)9-19(44(4,39)40)34-24(20)23(21)30/h5-6,9,33H,7-8,11-12H2,1-4H3,(H,35,38)(H,36,37). The van der Waals surface area contributed by atoms with Crippen molar-refractivity contribution < 1.29 is 37.0 Å². The Labute approximate surface area is 260 Å². The Kier molecular flexibility index (Phi) is 8.19. The van der Waals surface area contributed by atoms with Crippen LogP contribution in [0, 0.1) is 17.1 Å². The first-order valence-electron chi connectivity index (χ1n) is 13.2. The summed E-state index contributed by atoms with van der Waals surface area (Å²) >= 11 is 7.92. The minimum Gasteiger partial charge on any atom is -0.465 e. The van der Waals surface area contributed by atoms with Crippen LogP contribution < -0.4 is 10.6 Å². The second-order valence-electron chi connectivity index (χ2n) is 11.1. The third kappa shape index (κ3) is 5.88. The topological polar surface area (TPSA) is 168 Å². The van der Waals surface area contributed by atoms with E-state index in [4.69, 9.17) is 26.2 Å². The molecule has 15 heteroatoms. The maximum absolute atomic E-state index is 15.2. The number of pyridine rings is 1. The zero-order chi connectivity index (χ0) is 32.1. The number of nitrogens with one attached hydrogen (secondary N) is 2. The van der Waals surface area contributed by atoms with Crippen LogP contribution in [0.1, 0.15) is 43.0 Å². The van der Waals surface area contributed by atoms with Gasteiger partial charge in [0.2, 0.25) is 0 Å². The first-order chi connectivity index (χ1) is 20.6. The Bertz CT molecular complexity index is 2030. The number of aromatic nitrogens is 1. The average Bonchev–Trinajstić information content (AvgIpc) is 3.53. The van der Waals surface area contributed by atoms with Crippen LogP contribution in [0.15, 0.2) is 23.2 Å². The Morgan fingerprint density at radius 2 is 1.95 bits per heavy atom. The fourth-order valence-corrected chi connectivity index (χ4v) is 7.17. The lowest BCUT2D eigenvalue weighted by Gasteiger charge is -2.19. The molecule has 0 saturated heterocycles. The van der Waals surface area contributed by atoms with E-state index >= 15 is 4.39 Å². The fraction of sp³-hybridized carbons (Fsp3) is 0.310. The van der Waals surface area contributed by atoms with E-state index < -0.39 is 33.4 Å². The highest BCUT2D eigenvalue weighted by atomic mass is 35.5. The van der Waals surface area contributed by atoms with Gasteiger partial charge in [-0.15, -0.1) is 11.3 Å². The average molecular weight is 661 g/mol. The zero-order valence-corrected chi connectivity index (χ0v) is 26.3. The van der Waals surface area contributed by atoms with E-state index in [9.17, 15) is 23.3 Å². The molecule has 0 aliphatic carbocycles. The van der Waals surface area contributed by atoms with Gasteiger partial charge in [0.1, 0.15) is 22.5 Å². The van der Waals surface area contributed by atoms with E-state index in [-0.39, 0.29) is 62.4 Å². The number of hydrogen-bond acceptors (Lipinski definition) is 9. The Morgan fingerprint density at radius 3 is 2.59 bits per heavy atom. The monoisotopic (exact) mass is 660 g/mol. The number of carboxylic acid groups (broad SMARTS) is 1. The van der Waals surface area contributed by atoms with Gasteiger partial charge in [0.05, 0.1) is 34.0 Å². The number of benzene rings is 2. The van der Waals surface area contributed by atoms with Crippen LogP contribution in [0.3, 0.4) is 0 Å². The minimum atomic E-state index is -3.82. The van der Waals surface area contributed by atoms with Gasteiger partial charge in [-0.3, -0.25) is 5.32 Å². The van der Waals surface area contributed by atoms with E-state index in [2.05, 4.69) is 21.7 Å². The van der Waals surface area contributed by atoms with E-state index in [1.807, 2.05) is 0 Å². The van der Waals surface area contributed by atoms with Crippen LogP contribution in [0.5, 0.6) is 0 Å². The number of anilines is 1. The molecule has 0 unspecified atom stereocenters. The molecule has 44 heavy (non-hydrogen) atoms. The number of sulfone groups is 1. The summed E-state index contributed by atoms with van der Waals surface area (Å²) in [6.07, 6.45) is -0.910. The predicted octanol–water partition coefficient (Wildman–Crippen LogP) is 6.37. The lowest BCUT2D eigenvalue weighted by Crippen LogP contribution is -2.27. The first-order valence-corrected chi connectivity index (χ1v) is 16.3. The number of thiophene rings is 1. The number of hydrogen-bond donors (Lipinski definition) is 3. The summed E-state index contributed by atoms with van der Waals surface area (Å²) in [5.74, 6) is -0.627. The quantitative estimate of drug-likeness (QED) is 0.213. The number of nitrogens with zero attached hydrogens (tertiary/aromatic N) is 2. The van der Waals surface area contributed by atoms with Gasteiger partial charge in [0, 0.05) is 29.1 Å². The number of carbonyl (C=O) groups is 2. The fourth-order valence-electron chi connectivity index (χ4n) is 5.14. The highest BCUT2D eigenvalue weighted by molar-refractivity contribution is 7.90. The second kappa shape index (κ2) is 11.5. The Hall–Kier alpha value is -4.03. The normalized spacial score (nSPS) is 13.1. The van der Waals surface area contributed by atoms with E-state index in [0.29, 0.717) is 33.2 Å². The Balaban J connectivity index is 1.80. The highest BCUT2D eigenvalue weighted by Crippen LogP contribution is 2.49. The van der Waals surface area contributed by atoms with Crippen molar-refractivity contribution >= 4 is 71.0 Å². The third-order valence-corrected chi connectivity index (χ3v) is 9.25. The molecule has 3 N–H and O–H groups in total. The molecule has 3 heterocycles. The zero-order valence-electron chi connectivity index (χ0n) is 23.9. The molecule has 0 fully saturated rings. The van der Waals surface area contributed by atoms with Crippen molar-refractivity contribution in [2.24, 2.45) is 0 Å². The molecule has 1 aliphatic heterocycles. The molecule has 2 aromatic heterocycles. The van der Waals surface area contributed by atoms with Crippen molar-refractivity contribution in [3.05, 3.63) is 51.3 Å². The predicted molar refractivity (Wildman–Crippen MR) is 163 cm³/mol. The van der Waals surface area contributed by atoms with Crippen LogP contribution in [0.2, 0.25) is 5.02 Å². The Morgan fingerprint density at radius 1 is 1.25 bits per heavy atom.